The Labute approximate surface area is 123 Å². The van der Waals surface area contributed by atoms with Crippen LogP contribution in [0.2, 0.25) is 0 Å². The lowest BCUT2D eigenvalue weighted by Crippen LogP contribution is -2.19. The molecule has 0 aromatic carbocycles. The minimum atomic E-state index is -0.483. The summed E-state index contributed by atoms with van der Waals surface area (Å²) < 4.78 is 0. The maximum absolute atomic E-state index is 11.0. The topological polar surface area (TPSA) is 98.0 Å². The van der Waals surface area contributed by atoms with Crippen LogP contribution in [0, 0.1) is 13.8 Å². The van der Waals surface area contributed by atoms with Gasteiger partial charge in [-0.25, -0.2) is 0 Å². The van der Waals surface area contributed by atoms with Gasteiger partial charge >= 0.3 is 0 Å². The van der Waals surface area contributed by atoms with Gasteiger partial charge in [-0.1, -0.05) is 0 Å². The van der Waals surface area contributed by atoms with Crippen LogP contribution < -0.4 is 11.1 Å². The fourth-order valence-electron chi connectivity index (χ4n) is 1.46. The van der Waals surface area contributed by atoms with Crippen LogP contribution in [0.1, 0.15) is 32.1 Å². The molecule has 3 N–H and O–H groups in total. The van der Waals surface area contributed by atoms with E-state index in [0.29, 0.717) is 11.4 Å². The van der Waals surface area contributed by atoms with Crippen LogP contribution in [0.25, 0.3) is 0 Å². The van der Waals surface area contributed by atoms with E-state index in [9.17, 15) is 9.59 Å². The van der Waals surface area contributed by atoms with Gasteiger partial charge in [-0.2, -0.15) is 0 Å². The third-order valence-electron chi connectivity index (χ3n) is 2.54. The van der Waals surface area contributed by atoms with E-state index in [0.717, 1.165) is 11.1 Å². The van der Waals surface area contributed by atoms with Crippen LogP contribution in [-0.4, -0.2) is 28.8 Å². The van der Waals surface area contributed by atoms with Gasteiger partial charge in [0, 0.05) is 19.4 Å². The first-order valence-electron chi connectivity index (χ1n) is 6.31. The molecule has 0 bridgehead atoms. The summed E-state index contributed by atoms with van der Waals surface area (Å²) in [6.45, 7) is 3.81. The molecule has 2 rings (SSSR count). The quantitative estimate of drug-likeness (QED) is 0.867. The molecule has 2 heterocycles. The normalized spacial score (nSPS) is 9.29. The van der Waals surface area contributed by atoms with E-state index in [1.165, 1.54) is 0 Å². The number of nitrogens with one attached hydrogen (secondary N) is 1. The molecular weight excluding hydrogens is 268 g/mol. The first kappa shape index (κ1) is 16.3. The van der Waals surface area contributed by atoms with E-state index < -0.39 is 5.91 Å². The van der Waals surface area contributed by atoms with Crippen molar-refractivity contribution in [3.8, 4) is 0 Å². The smallest absolute Gasteiger partial charge is 0.269 e. The molecule has 21 heavy (non-hydrogen) atoms. The molecule has 0 fully saturated rings. The van der Waals surface area contributed by atoms with Crippen LogP contribution in [-0.2, 0) is 0 Å². The molecule has 0 saturated heterocycles. The van der Waals surface area contributed by atoms with Gasteiger partial charge in [-0.15, -0.1) is 0 Å². The number of carbonyl (C=O) groups excluding carboxylic acids is 2. The largest absolute Gasteiger partial charge is 0.364 e. The van der Waals surface area contributed by atoms with E-state index in [1.54, 1.807) is 31.6 Å². The Morgan fingerprint density at radius 2 is 1.48 bits per heavy atom. The van der Waals surface area contributed by atoms with E-state index >= 15 is 0 Å². The monoisotopic (exact) mass is 286 g/mol. The summed E-state index contributed by atoms with van der Waals surface area (Å²) in [5.41, 5.74) is 7.80. The van der Waals surface area contributed by atoms with Gasteiger partial charge in [-0.05, 0) is 49.2 Å². The first-order valence-corrected chi connectivity index (χ1v) is 6.31. The third-order valence-corrected chi connectivity index (χ3v) is 2.54. The van der Waals surface area contributed by atoms with Crippen LogP contribution in [0.3, 0.4) is 0 Å². The minimum Gasteiger partial charge on any atom is -0.364 e. The third kappa shape index (κ3) is 5.40. The lowest BCUT2D eigenvalue weighted by molar-refractivity contribution is 0.0956. The van der Waals surface area contributed by atoms with E-state index in [1.807, 2.05) is 26.0 Å². The number of primary amides is 1. The number of amides is 2. The van der Waals surface area contributed by atoms with Crippen molar-refractivity contribution < 1.29 is 9.59 Å². The predicted octanol–water partition coefficient (Wildman–Crippen LogP) is 1.24. The Morgan fingerprint density at radius 1 is 1.00 bits per heavy atom. The number of pyridine rings is 2. The second-order valence-electron chi connectivity index (χ2n) is 4.38. The fraction of sp³-hybridized carbons (Fsp3) is 0.200. The van der Waals surface area contributed by atoms with Crippen molar-refractivity contribution in [2.24, 2.45) is 5.73 Å². The van der Waals surface area contributed by atoms with Crippen molar-refractivity contribution in [1.82, 2.24) is 15.3 Å². The number of carbonyl (C=O) groups is 2. The van der Waals surface area contributed by atoms with Gasteiger partial charge in [0.25, 0.3) is 11.8 Å². The van der Waals surface area contributed by atoms with Crippen molar-refractivity contribution in [2.45, 2.75) is 13.8 Å². The Morgan fingerprint density at radius 3 is 1.86 bits per heavy atom. The van der Waals surface area contributed by atoms with Crippen LogP contribution >= 0.6 is 0 Å². The SMILES string of the molecule is CNC(=O)c1cc(C)ccn1.Cc1ccnc(C(N)=O)c1. The Balaban J connectivity index is 0.000000211. The molecule has 0 aliphatic carbocycles. The van der Waals surface area contributed by atoms with Gasteiger partial charge in [0.2, 0.25) is 0 Å². The molecule has 2 amide bonds. The number of rotatable bonds is 2. The molecule has 0 atom stereocenters. The summed E-state index contributed by atoms with van der Waals surface area (Å²) in [5.74, 6) is -0.627. The average molecular weight is 286 g/mol. The van der Waals surface area contributed by atoms with Crippen LogP contribution in [0.15, 0.2) is 36.7 Å². The van der Waals surface area contributed by atoms with E-state index in [2.05, 4.69) is 15.3 Å². The summed E-state index contributed by atoms with van der Waals surface area (Å²) in [7, 11) is 1.59. The standard InChI is InChI=1S/C8H10N2O.C7H8N2O/c1-6-3-4-10-7(5-6)8(11)9-2;1-5-2-3-9-6(4-5)7(8)10/h3-5H,1-2H3,(H,9,11);2-4H,1H3,(H2,8,10). The molecule has 2 aromatic heterocycles. The predicted molar refractivity (Wildman–Crippen MR) is 79.9 cm³/mol. The summed E-state index contributed by atoms with van der Waals surface area (Å²) in [6, 6.07) is 7.07. The van der Waals surface area contributed by atoms with Crippen LogP contribution in [0.4, 0.5) is 0 Å². The van der Waals surface area contributed by atoms with Crippen molar-refractivity contribution in [1.29, 1.82) is 0 Å². The molecule has 0 spiro atoms. The maximum atomic E-state index is 11.0. The molecule has 110 valence electrons. The molecule has 2 aromatic rings. The Hall–Kier alpha value is -2.76. The zero-order valence-corrected chi connectivity index (χ0v) is 12.3. The highest BCUT2D eigenvalue weighted by atomic mass is 16.2. The minimum absolute atomic E-state index is 0.145. The zero-order valence-electron chi connectivity index (χ0n) is 12.3. The number of aromatic nitrogens is 2. The van der Waals surface area contributed by atoms with Gasteiger partial charge in [0.15, 0.2) is 0 Å². The van der Waals surface area contributed by atoms with Gasteiger partial charge in [0.05, 0.1) is 0 Å². The molecular formula is C15H18N4O2. The first-order chi connectivity index (χ1) is 9.93. The molecule has 0 unspecified atom stereocenters. The molecule has 0 saturated carbocycles. The molecule has 0 aliphatic heterocycles. The number of nitrogens with two attached hydrogens (primary N) is 1. The number of hydrogen-bond donors (Lipinski definition) is 2. The van der Waals surface area contributed by atoms with Gasteiger partial charge < -0.3 is 11.1 Å². The molecule has 6 heteroatoms. The Bertz CT molecular complexity index is 641. The molecule has 6 nitrogen and oxygen atoms in total. The summed E-state index contributed by atoms with van der Waals surface area (Å²) >= 11 is 0. The summed E-state index contributed by atoms with van der Waals surface area (Å²) in [6.07, 6.45) is 3.19. The van der Waals surface area contributed by atoms with Crippen molar-refractivity contribution >= 4 is 11.8 Å². The zero-order chi connectivity index (χ0) is 15.8. The lowest BCUT2D eigenvalue weighted by atomic mass is 10.2. The fourth-order valence-corrected chi connectivity index (χ4v) is 1.46. The molecule has 0 aliphatic rings. The van der Waals surface area contributed by atoms with E-state index in [-0.39, 0.29) is 5.91 Å². The second-order valence-corrected chi connectivity index (χ2v) is 4.38. The number of hydrogen-bond acceptors (Lipinski definition) is 4. The highest BCUT2D eigenvalue weighted by molar-refractivity contribution is 5.92. The average Bonchev–Trinajstić information content (AvgIpc) is 2.47. The van der Waals surface area contributed by atoms with E-state index in [4.69, 9.17) is 5.73 Å². The maximum Gasteiger partial charge on any atom is 0.269 e. The second kappa shape index (κ2) is 7.74. The highest BCUT2D eigenvalue weighted by Crippen LogP contribution is 1.99. The molecule has 0 radical (unpaired) electrons. The number of nitrogens with zero attached hydrogens (tertiary/aromatic N) is 2. The summed E-state index contributed by atoms with van der Waals surface area (Å²) in [4.78, 5) is 29.2. The van der Waals surface area contributed by atoms with Crippen molar-refractivity contribution in [2.75, 3.05) is 7.05 Å². The number of aryl methyl sites for hydroxylation is 2. The van der Waals surface area contributed by atoms with Crippen LogP contribution in [0.5, 0.6) is 0 Å². The van der Waals surface area contributed by atoms with Gasteiger partial charge in [-0.3, -0.25) is 19.6 Å². The summed E-state index contributed by atoms with van der Waals surface area (Å²) in [5, 5.41) is 2.51. The highest BCUT2D eigenvalue weighted by Gasteiger charge is 2.02. The van der Waals surface area contributed by atoms with Crippen molar-refractivity contribution in [3.63, 3.8) is 0 Å². The van der Waals surface area contributed by atoms with Crippen molar-refractivity contribution in [3.05, 3.63) is 59.2 Å². The lowest BCUT2D eigenvalue weighted by Gasteiger charge is -1.98. The Kier molecular flexibility index (Phi) is 6.00. The van der Waals surface area contributed by atoms with Gasteiger partial charge in [0.1, 0.15) is 11.4 Å².